The van der Waals surface area contributed by atoms with Gasteiger partial charge in [-0.05, 0) is 39.3 Å². The van der Waals surface area contributed by atoms with E-state index >= 15 is 0 Å². The number of anilines is 1. The largest absolute Gasteiger partial charge is 0.444 e. The highest BCUT2D eigenvalue weighted by atomic mass is 35.5. The van der Waals surface area contributed by atoms with Crippen LogP contribution in [0.15, 0.2) is 0 Å². The maximum absolute atomic E-state index is 11.4. The molecule has 7 heteroatoms. The first-order chi connectivity index (χ1) is 7.69. The molecule has 1 aromatic heterocycles. The van der Waals surface area contributed by atoms with Crippen molar-refractivity contribution in [2.75, 3.05) is 5.32 Å². The average Bonchev–Trinajstić information content (AvgIpc) is 2.42. The minimum Gasteiger partial charge on any atom is -0.444 e. The number of carbonyl (C=O) groups excluding carboxylic acids is 2. The summed E-state index contributed by atoms with van der Waals surface area (Å²) in [4.78, 5) is 26.7. The first kappa shape index (κ1) is 13.9. The number of hydrogen-bond donors (Lipinski definition) is 1. The van der Waals surface area contributed by atoms with E-state index in [0.29, 0.717) is 15.7 Å². The molecule has 0 fully saturated rings. The third-order valence-electron chi connectivity index (χ3n) is 1.58. The predicted octanol–water partition coefficient (Wildman–Crippen LogP) is 3.18. The van der Waals surface area contributed by atoms with E-state index in [9.17, 15) is 9.59 Å². The van der Waals surface area contributed by atoms with Crippen LogP contribution in [-0.2, 0) is 4.74 Å². The second-order valence-corrected chi connectivity index (χ2v) is 5.68. The van der Waals surface area contributed by atoms with Gasteiger partial charge in [0, 0.05) is 0 Å². The van der Waals surface area contributed by atoms with Gasteiger partial charge >= 0.3 is 6.09 Å². The van der Waals surface area contributed by atoms with Crippen LogP contribution in [0.25, 0.3) is 0 Å². The van der Waals surface area contributed by atoms with Crippen molar-refractivity contribution in [3.05, 3.63) is 10.6 Å². The van der Waals surface area contributed by atoms with Crippen molar-refractivity contribution >= 4 is 39.4 Å². The first-order valence-corrected chi connectivity index (χ1v) is 6.06. The van der Waals surface area contributed by atoms with Crippen LogP contribution in [0.4, 0.5) is 9.93 Å². The fraction of sp³-hybridized carbons (Fsp3) is 0.500. The number of aromatic nitrogens is 1. The molecule has 1 N–H and O–H groups in total. The van der Waals surface area contributed by atoms with Crippen LogP contribution in [0.5, 0.6) is 0 Å². The lowest BCUT2D eigenvalue weighted by Crippen LogP contribution is -2.27. The number of nitrogens with one attached hydrogen (secondary N) is 1. The van der Waals surface area contributed by atoms with Gasteiger partial charge in [-0.3, -0.25) is 10.1 Å². The monoisotopic (exact) mass is 276 g/mol. The van der Waals surface area contributed by atoms with Crippen LogP contribution in [-0.4, -0.2) is 21.9 Å². The minimum atomic E-state index is -0.611. The van der Waals surface area contributed by atoms with Gasteiger partial charge in [-0.2, -0.15) is 0 Å². The van der Waals surface area contributed by atoms with Crippen molar-refractivity contribution in [3.63, 3.8) is 0 Å². The Kier molecular flexibility index (Phi) is 4.11. The summed E-state index contributed by atoms with van der Waals surface area (Å²) in [5, 5.41) is 2.16. The molecule has 0 saturated carbocycles. The molecule has 1 rings (SSSR count). The van der Waals surface area contributed by atoms with E-state index in [2.05, 4.69) is 10.3 Å². The molecule has 0 bridgehead atoms. The molecule has 17 heavy (non-hydrogen) atoms. The molecule has 94 valence electrons. The quantitative estimate of drug-likeness (QED) is 0.843. The van der Waals surface area contributed by atoms with Crippen molar-refractivity contribution in [1.29, 1.82) is 0 Å². The topological polar surface area (TPSA) is 68.3 Å². The molecular weight excluding hydrogens is 264 g/mol. The van der Waals surface area contributed by atoms with Crippen molar-refractivity contribution in [3.8, 4) is 0 Å². The molecule has 0 unspecified atom stereocenters. The maximum Gasteiger partial charge on any atom is 0.413 e. The number of hydrogen-bond acceptors (Lipinski definition) is 5. The van der Waals surface area contributed by atoms with E-state index in [1.165, 1.54) is 0 Å². The van der Waals surface area contributed by atoms with Gasteiger partial charge in [0.1, 0.15) is 10.5 Å². The van der Waals surface area contributed by atoms with E-state index in [1.54, 1.807) is 27.7 Å². The van der Waals surface area contributed by atoms with Crippen molar-refractivity contribution in [2.45, 2.75) is 33.3 Å². The summed E-state index contributed by atoms with van der Waals surface area (Å²) in [5.74, 6) is 0. The summed E-state index contributed by atoms with van der Waals surface area (Å²) in [6.07, 6.45) is -0.611. The Balaban J connectivity index is 2.73. The Bertz CT molecular complexity index is 451. The molecule has 0 aliphatic heterocycles. The van der Waals surface area contributed by atoms with Gasteiger partial charge in [-0.1, -0.05) is 11.3 Å². The van der Waals surface area contributed by atoms with Gasteiger partial charge in [0.25, 0.3) is 5.24 Å². The number of rotatable bonds is 2. The van der Waals surface area contributed by atoms with Gasteiger partial charge in [0.2, 0.25) is 0 Å². The Morgan fingerprint density at radius 2 is 2.00 bits per heavy atom. The van der Waals surface area contributed by atoms with Crippen LogP contribution in [0.1, 0.15) is 36.1 Å². The molecule has 1 heterocycles. The summed E-state index contributed by atoms with van der Waals surface area (Å²) >= 11 is 6.37. The smallest absolute Gasteiger partial charge is 0.413 e. The van der Waals surface area contributed by atoms with E-state index in [-0.39, 0.29) is 0 Å². The number of aryl methyl sites for hydroxylation is 1. The van der Waals surface area contributed by atoms with Crippen LogP contribution in [0.2, 0.25) is 0 Å². The molecule has 0 aliphatic carbocycles. The number of carbonyl (C=O) groups is 2. The highest BCUT2D eigenvalue weighted by Crippen LogP contribution is 2.24. The zero-order valence-electron chi connectivity index (χ0n) is 9.96. The Morgan fingerprint density at radius 3 is 2.41 bits per heavy atom. The molecule has 0 aromatic carbocycles. The third kappa shape index (κ3) is 4.32. The number of nitrogens with zero attached hydrogens (tertiary/aromatic N) is 1. The molecule has 5 nitrogen and oxygen atoms in total. The van der Waals surface area contributed by atoms with Gasteiger partial charge in [0.05, 0.1) is 5.69 Å². The van der Waals surface area contributed by atoms with Crippen LogP contribution < -0.4 is 5.32 Å². The van der Waals surface area contributed by atoms with Gasteiger partial charge in [-0.25, -0.2) is 9.78 Å². The van der Waals surface area contributed by atoms with Crippen LogP contribution >= 0.6 is 22.9 Å². The third-order valence-corrected chi connectivity index (χ3v) is 2.96. The zero-order valence-corrected chi connectivity index (χ0v) is 11.5. The normalized spacial score (nSPS) is 11.1. The minimum absolute atomic E-state index is 0.292. The highest BCUT2D eigenvalue weighted by molar-refractivity contribution is 7.19. The number of thiazole rings is 1. The number of amides is 1. The summed E-state index contributed by atoms with van der Waals surface area (Å²) in [7, 11) is 0. The molecule has 0 aliphatic rings. The molecule has 0 radical (unpaired) electrons. The van der Waals surface area contributed by atoms with Crippen molar-refractivity contribution in [1.82, 2.24) is 4.98 Å². The van der Waals surface area contributed by atoms with Gasteiger partial charge in [-0.15, -0.1) is 0 Å². The lowest BCUT2D eigenvalue weighted by atomic mass is 10.2. The second kappa shape index (κ2) is 5.01. The molecule has 0 saturated heterocycles. The lowest BCUT2D eigenvalue weighted by Gasteiger charge is -2.18. The number of ether oxygens (including phenoxy) is 1. The van der Waals surface area contributed by atoms with Crippen LogP contribution in [0.3, 0.4) is 0 Å². The van der Waals surface area contributed by atoms with E-state index < -0.39 is 16.9 Å². The molecule has 0 spiro atoms. The molecule has 0 atom stereocenters. The Hall–Kier alpha value is -1.14. The average molecular weight is 277 g/mol. The first-order valence-electron chi connectivity index (χ1n) is 4.86. The zero-order chi connectivity index (χ0) is 13.2. The second-order valence-electron chi connectivity index (χ2n) is 4.33. The Morgan fingerprint density at radius 1 is 1.41 bits per heavy atom. The summed E-state index contributed by atoms with van der Waals surface area (Å²) in [6.45, 7) is 6.92. The predicted molar refractivity (Wildman–Crippen MR) is 66.9 cm³/mol. The fourth-order valence-electron chi connectivity index (χ4n) is 1.02. The number of halogens is 1. The van der Waals surface area contributed by atoms with Crippen LogP contribution in [0, 0.1) is 6.92 Å². The Labute approximate surface area is 108 Å². The van der Waals surface area contributed by atoms with Gasteiger partial charge < -0.3 is 4.74 Å². The standard InChI is InChI=1S/C10H13ClN2O3S/c1-5-6(7(11)14)17-8(12-5)13-9(15)16-10(2,3)4/h1-4H3,(H,12,13,15). The van der Waals surface area contributed by atoms with Gasteiger partial charge in [0.15, 0.2) is 5.13 Å². The summed E-state index contributed by atoms with van der Waals surface area (Å²) < 4.78 is 5.05. The SMILES string of the molecule is Cc1nc(NC(=O)OC(C)(C)C)sc1C(=O)Cl. The summed E-state index contributed by atoms with van der Waals surface area (Å²) in [6, 6.07) is 0. The van der Waals surface area contributed by atoms with Crippen molar-refractivity contribution < 1.29 is 14.3 Å². The van der Waals surface area contributed by atoms with Crippen molar-refractivity contribution in [2.24, 2.45) is 0 Å². The summed E-state index contributed by atoms with van der Waals surface area (Å²) in [5.41, 5.74) is -0.0947. The van der Waals surface area contributed by atoms with E-state index in [4.69, 9.17) is 16.3 Å². The molecule has 1 amide bonds. The molecule has 1 aromatic rings. The van der Waals surface area contributed by atoms with E-state index in [0.717, 1.165) is 11.3 Å². The van der Waals surface area contributed by atoms with E-state index in [1.807, 2.05) is 0 Å². The fourth-order valence-corrected chi connectivity index (χ4v) is 2.06. The maximum atomic E-state index is 11.4. The highest BCUT2D eigenvalue weighted by Gasteiger charge is 2.19. The lowest BCUT2D eigenvalue weighted by molar-refractivity contribution is 0.0635. The molecular formula is C10H13ClN2O3S.